The van der Waals surface area contributed by atoms with E-state index in [0.717, 1.165) is 42.9 Å². The molecule has 4 aromatic rings. The van der Waals surface area contributed by atoms with Crippen LogP contribution >= 0.6 is 11.6 Å². The number of aromatic nitrogens is 2. The standard InChI is InChI=1S/C34H35ClFN5O2/c35-25-4-2-22(3-5-25)28-19-34(10-1-11-34)12-8-24(28)21-40-14-16-41(17-15-40)29-7-6-27(32(37)42)31(30(29)36)43-26-18-23-9-13-38-33(23)39-20-26/h2-7,9,13,18,20H,1,8,10-12,14-17,19,21H2,(H2,37,42)(H,38,39). The summed E-state index contributed by atoms with van der Waals surface area (Å²) < 4.78 is 22.0. The van der Waals surface area contributed by atoms with E-state index in [-0.39, 0.29) is 11.3 Å². The normalized spacial score (nSPS) is 18.7. The molecule has 1 aliphatic heterocycles. The Labute approximate surface area is 255 Å². The molecule has 222 valence electrons. The van der Waals surface area contributed by atoms with E-state index in [4.69, 9.17) is 22.1 Å². The number of nitrogens with one attached hydrogen (secondary N) is 1. The summed E-state index contributed by atoms with van der Waals surface area (Å²) in [6, 6.07) is 15.1. The van der Waals surface area contributed by atoms with Crippen LogP contribution in [-0.2, 0) is 0 Å². The minimum atomic E-state index is -0.748. The Bertz CT molecular complexity index is 1700. The fourth-order valence-electron chi connectivity index (χ4n) is 6.98. The number of carbonyl (C=O) groups is 1. The van der Waals surface area contributed by atoms with Crippen LogP contribution in [0.2, 0.25) is 5.02 Å². The van der Waals surface area contributed by atoms with Gasteiger partial charge in [0.05, 0.1) is 17.4 Å². The van der Waals surface area contributed by atoms with Crippen LogP contribution in [0.5, 0.6) is 11.5 Å². The number of rotatable bonds is 7. The van der Waals surface area contributed by atoms with Crippen LogP contribution in [0.25, 0.3) is 16.6 Å². The molecule has 2 aromatic carbocycles. The highest BCUT2D eigenvalue weighted by Crippen LogP contribution is 2.55. The van der Waals surface area contributed by atoms with Crippen LogP contribution < -0.4 is 15.4 Å². The van der Waals surface area contributed by atoms with Gasteiger partial charge in [-0.1, -0.05) is 35.7 Å². The second-order valence-corrected chi connectivity index (χ2v) is 12.6. The van der Waals surface area contributed by atoms with Crippen LogP contribution in [-0.4, -0.2) is 53.5 Å². The summed E-state index contributed by atoms with van der Waals surface area (Å²) in [5.41, 5.74) is 11.5. The van der Waals surface area contributed by atoms with Crippen molar-refractivity contribution < 1.29 is 13.9 Å². The molecule has 7 rings (SSSR count). The van der Waals surface area contributed by atoms with E-state index in [1.807, 2.05) is 23.1 Å². The predicted octanol–water partition coefficient (Wildman–Crippen LogP) is 7.18. The molecule has 2 aliphatic carbocycles. The topological polar surface area (TPSA) is 87.5 Å². The smallest absolute Gasteiger partial charge is 0.252 e. The number of anilines is 1. The fraction of sp³-hybridized carbons (Fsp3) is 0.353. The number of ether oxygens (including phenoxy) is 1. The number of allylic oxidation sites excluding steroid dienone is 1. The van der Waals surface area contributed by atoms with Crippen LogP contribution in [0, 0.1) is 11.2 Å². The lowest BCUT2D eigenvalue weighted by molar-refractivity contribution is 0.0997. The quantitative estimate of drug-likeness (QED) is 0.235. The van der Waals surface area contributed by atoms with Crippen molar-refractivity contribution >= 4 is 39.8 Å². The first kappa shape index (κ1) is 27.9. The summed E-state index contributed by atoms with van der Waals surface area (Å²) in [4.78, 5) is 24.0. The van der Waals surface area contributed by atoms with Crippen LogP contribution in [0.15, 0.2) is 66.5 Å². The Morgan fingerprint density at radius 3 is 2.58 bits per heavy atom. The maximum atomic E-state index is 16.0. The first-order chi connectivity index (χ1) is 20.9. The molecule has 7 nitrogen and oxygen atoms in total. The van der Waals surface area contributed by atoms with E-state index >= 15 is 4.39 Å². The van der Waals surface area contributed by atoms with E-state index in [1.54, 1.807) is 24.4 Å². The first-order valence-electron chi connectivity index (χ1n) is 15.0. The number of nitrogens with zero attached hydrogens (tertiary/aromatic N) is 3. The highest BCUT2D eigenvalue weighted by molar-refractivity contribution is 6.30. The van der Waals surface area contributed by atoms with Gasteiger partial charge in [-0.3, -0.25) is 9.69 Å². The summed E-state index contributed by atoms with van der Waals surface area (Å²) >= 11 is 6.21. The van der Waals surface area contributed by atoms with Gasteiger partial charge in [-0.25, -0.2) is 9.37 Å². The van der Waals surface area contributed by atoms with Gasteiger partial charge >= 0.3 is 0 Å². The SMILES string of the molecule is NC(=O)c1ccc(N2CCN(CC3=C(c4ccc(Cl)cc4)CC4(CCC4)CC3)CC2)c(F)c1Oc1cnc2[nH]ccc2c1. The van der Waals surface area contributed by atoms with E-state index in [0.29, 0.717) is 35.6 Å². The zero-order chi connectivity index (χ0) is 29.6. The first-order valence-corrected chi connectivity index (χ1v) is 15.4. The van der Waals surface area contributed by atoms with Crippen molar-refractivity contribution in [1.82, 2.24) is 14.9 Å². The van der Waals surface area contributed by atoms with Crippen molar-refractivity contribution in [2.24, 2.45) is 11.1 Å². The molecule has 1 spiro atoms. The van der Waals surface area contributed by atoms with Gasteiger partial charge in [0.2, 0.25) is 0 Å². The van der Waals surface area contributed by atoms with Gasteiger partial charge < -0.3 is 20.4 Å². The zero-order valence-electron chi connectivity index (χ0n) is 24.0. The maximum absolute atomic E-state index is 16.0. The lowest BCUT2D eigenvalue weighted by Crippen LogP contribution is -2.47. The molecule has 2 aromatic heterocycles. The molecule has 0 atom stereocenters. The number of aromatic amines is 1. The lowest BCUT2D eigenvalue weighted by Gasteiger charge is -2.47. The summed E-state index contributed by atoms with van der Waals surface area (Å²) in [6.07, 6.45) is 10.8. The van der Waals surface area contributed by atoms with Crippen molar-refractivity contribution in [1.29, 1.82) is 0 Å². The van der Waals surface area contributed by atoms with Crippen LogP contribution in [0.1, 0.15) is 54.4 Å². The highest BCUT2D eigenvalue weighted by atomic mass is 35.5. The third-order valence-corrected chi connectivity index (χ3v) is 9.86. The fourth-order valence-corrected chi connectivity index (χ4v) is 7.11. The number of pyridine rings is 1. The van der Waals surface area contributed by atoms with Crippen molar-refractivity contribution in [2.45, 2.75) is 38.5 Å². The van der Waals surface area contributed by atoms with Gasteiger partial charge in [0.25, 0.3) is 5.91 Å². The number of primary amides is 1. The molecular weight excluding hydrogens is 565 g/mol. The molecule has 3 heterocycles. The average molecular weight is 600 g/mol. The predicted molar refractivity (Wildman–Crippen MR) is 168 cm³/mol. The number of nitrogens with two attached hydrogens (primary N) is 1. The van der Waals surface area contributed by atoms with Crippen LogP contribution in [0.3, 0.4) is 0 Å². The molecule has 0 bridgehead atoms. The monoisotopic (exact) mass is 599 g/mol. The Morgan fingerprint density at radius 2 is 1.86 bits per heavy atom. The number of halogens is 2. The van der Waals surface area contributed by atoms with Crippen molar-refractivity contribution in [3.63, 3.8) is 0 Å². The molecule has 2 fully saturated rings. The second-order valence-electron chi connectivity index (χ2n) is 12.2. The molecule has 0 unspecified atom stereocenters. The molecule has 1 saturated carbocycles. The zero-order valence-corrected chi connectivity index (χ0v) is 24.8. The average Bonchev–Trinajstić information content (AvgIpc) is 3.46. The lowest BCUT2D eigenvalue weighted by atomic mass is 9.59. The highest BCUT2D eigenvalue weighted by Gasteiger charge is 2.41. The van der Waals surface area contributed by atoms with E-state index < -0.39 is 11.7 Å². The second kappa shape index (κ2) is 11.3. The summed E-state index contributed by atoms with van der Waals surface area (Å²) in [6.45, 7) is 3.87. The van der Waals surface area contributed by atoms with Crippen LogP contribution in [0.4, 0.5) is 10.1 Å². The van der Waals surface area contributed by atoms with Gasteiger partial charge in [0.1, 0.15) is 11.4 Å². The van der Waals surface area contributed by atoms with Gasteiger partial charge in [-0.2, -0.15) is 0 Å². The summed E-state index contributed by atoms with van der Waals surface area (Å²) in [5.74, 6) is -1.18. The van der Waals surface area contributed by atoms with E-state index in [2.05, 4.69) is 27.0 Å². The summed E-state index contributed by atoms with van der Waals surface area (Å²) in [7, 11) is 0. The van der Waals surface area contributed by atoms with E-state index in [9.17, 15) is 4.79 Å². The van der Waals surface area contributed by atoms with Gasteiger partial charge in [0, 0.05) is 49.3 Å². The third kappa shape index (κ3) is 5.50. The molecule has 1 amide bonds. The molecule has 1 saturated heterocycles. The van der Waals surface area contributed by atoms with Crippen molar-refractivity contribution in [3.8, 4) is 11.5 Å². The maximum Gasteiger partial charge on any atom is 0.252 e. The van der Waals surface area contributed by atoms with Crippen molar-refractivity contribution in [2.75, 3.05) is 37.6 Å². The Kier molecular flexibility index (Phi) is 7.35. The molecule has 43 heavy (non-hydrogen) atoms. The Balaban J connectivity index is 1.09. The largest absolute Gasteiger partial charge is 0.452 e. The number of benzene rings is 2. The molecule has 3 aliphatic rings. The number of carbonyl (C=O) groups excluding carboxylic acids is 1. The van der Waals surface area contributed by atoms with E-state index in [1.165, 1.54) is 48.6 Å². The summed E-state index contributed by atoms with van der Waals surface area (Å²) in [5, 5.41) is 1.58. The minimum absolute atomic E-state index is 0.00255. The Hall–Kier alpha value is -3.88. The number of hydrogen-bond donors (Lipinski definition) is 2. The number of amides is 1. The third-order valence-electron chi connectivity index (χ3n) is 9.61. The molecule has 0 radical (unpaired) electrons. The van der Waals surface area contributed by atoms with Gasteiger partial charge in [-0.05, 0) is 85.1 Å². The molecule has 3 N–H and O–H groups in total. The van der Waals surface area contributed by atoms with Gasteiger partial charge in [0.15, 0.2) is 11.6 Å². The minimum Gasteiger partial charge on any atom is -0.452 e. The molecule has 9 heteroatoms. The van der Waals surface area contributed by atoms with Gasteiger partial charge in [-0.15, -0.1) is 0 Å². The van der Waals surface area contributed by atoms with Crippen molar-refractivity contribution in [3.05, 3.63) is 88.5 Å². The molecular formula is C34H35ClFN5O2. The number of fused-ring (bicyclic) bond motifs is 1. The number of hydrogen-bond acceptors (Lipinski definition) is 5. The number of piperazine rings is 1. The Morgan fingerprint density at radius 1 is 1.07 bits per heavy atom. The number of H-pyrrole nitrogens is 1.